The maximum absolute atomic E-state index is 11.4. The minimum absolute atomic E-state index is 0.141. The van der Waals surface area contributed by atoms with Crippen molar-refractivity contribution in [1.29, 1.82) is 0 Å². The lowest BCUT2D eigenvalue weighted by molar-refractivity contribution is -0.127. The van der Waals surface area contributed by atoms with Gasteiger partial charge in [-0.15, -0.1) is 0 Å². The Morgan fingerprint density at radius 3 is 2.62 bits per heavy atom. The summed E-state index contributed by atoms with van der Waals surface area (Å²) in [6.45, 7) is 5.86. The maximum atomic E-state index is 11.4. The Hall–Kier alpha value is -1.06. The molecule has 2 amide bonds. The summed E-state index contributed by atoms with van der Waals surface area (Å²) >= 11 is 0. The number of nitrogens with zero attached hydrogens (tertiary/aromatic N) is 1. The molecule has 1 fully saturated rings. The van der Waals surface area contributed by atoms with Crippen LogP contribution in [0.15, 0.2) is 0 Å². The summed E-state index contributed by atoms with van der Waals surface area (Å²) in [5, 5.41) is 0. The highest BCUT2D eigenvalue weighted by atomic mass is 16.6. The van der Waals surface area contributed by atoms with E-state index in [1.165, 1.54) is 4.90 Å². The third kappa shape index (κ3) is 2.20. The van der Waals surface area contributed by atoms with Crippen molar-refractivity contribution in [3.8, 4) is 0 Å². The van der Waals surface area contributed by atoms with Crippen LogP contribution in [-0.4, -0.2) is 29.0 Å². The number of amides is 2. The van der Waals surface area contributed by atoms with E-state index in [4.69, 9.17) is 4.74 Å². The SMILES string of the molecule is CCCC(=O)N1CC(C)(C)OC1=O. The molecule has 0 saturated carbocycles. The fourth-order valence-electron chi connectivity index (χ4n) is 1.31. The predicted molar refractivity (Wildman–Crippen MR) is 47.2 cm³/mol. The first-order valence-corrected chi connectivity index (χ1v) is 4.49. The van der Waals surface area contributed by atoms with Gasteiger partial charge in [-0.3, -0.25) is 4.79 Å². The molecule has 4 nitrogen and oxygen atoms in total. The van der Waals surface area contributed by atoms with E-state index in [9.17, 15) is 9.59 Å². The van der Waals surface area contributed by atoms with Gasteiger partial charge < -0.3 is 4.74 Å². The fraction of sp³-hybridized carbons (Fsp3) is 0.778. The van der Waals surface area contributed by atoms with Gasteiger partial charge in [-0.05, 0) is 20.3 Å². The molecule has 1 rings (SSSR count). The van der Waals surface area contributed by atoms with E-state index in [2.05, 4.69) is 0 Å². The van der Waals surface area contributed by atoms with Crippen LogP contribution in [0.25, 0.3) is 0 Å². The van der Waals surface area contributed by atoms with Crippen molar-refractivity contribution in [2.24, 2.45) is 0 Å². The van der Waals surface area contributed by atoms with Crippen LogP contribution in [0.2, 0.25) is 0 Å². The van der Waals surface area contributed by atoms with Gasteiger partial charge in [-0.1, -0.05) is 6.92 Å². The monoisotopic (exact) mass is 185 g/mol. The lowest BCUT2D eigenvalue weighted by Crippen LogP contribution is -2.33. The van der Waals surface area contributed by atoms with Crippen molar-refractivity contribution in [1.82, 2.24) is 4.90 Å². The normalized spacial score (nSPS) is 20.2. The van der Waals surface area contributed by atoms with E-state index in [1.54, 1.807) is 13.8 Å². The summed E-state index contributed by atoms with van der Waals surface area (Å²) in [5.41, 5.74) is -0.527. The Morgan fingerprint density at radius 1 is 1.62 bits per heavy atom. The second-order valence-electron chi connectivity index (χ2n) is 3.86. The van der Waals surface area contributed by atoms with Crippen molar-refractivity contribution in [2.45, 2.75) is 39.2 Å². The first-order valence-electron chi connectivity index (χ1n) is 4.49. The maximum Gasteiger partial charge on any atom is 0.417 e. The Morgan fingerprint density at radius 2 is 2.23 bits per heavy atom. The van der Waals surface area contributed by atoms with Crippen molar-refractivity contribution in [2.75, 3.05) is 6.54 Å². The minimum Gasteiger partial charge on any atom is -0.441 e. The summed E-state index contributed by atoms with van der Waals surface area (Å²) in [4.78, 5) is 23.7. The molecule has 13 heavy (non-hydrogen) atoms. The zero-order valence-electron chi connectivity index (χ0n) is 8.29. The number of hydrogen-bond donors (Lipinski definition) is 0. The molecule has 1 aliphatic rings. The summed E-state index contributed by atoms with van der Waals surface area (Å²) in [6.07, 6.45) is 0.650. The van der Waals surface area contributed by atoms with Crippen molar-refractivity contribution in [3.63, 3.8) is 0 Å². The molecule has 0 aromatic heterocycles. The van der Waals surface area contributed by atoms with Crippen molar-refractivity contribution in [3.05, 3.63) is 0 Å². The van der Waals surface area contributed by atoms with Gasteiger partial charge in [0, 0.05) is 6.42 Å². The smallest absolute Gasteiger partial charge is 0.417 e. The van der Waals surface area contributed by atoms with E-state index in [0.29, 0.717) is 13.0 Å². The van der Waals surface area contributed by atoms with Crippen LogP contribution in [0.3, 0.4) is 0 Å². The van der Waals surface area contributed by atoms with Gasteiger partial charge >= 0.3 is 6.09 Å². The number of carbonyl (C=O) groups excluding carboxylic acids is 2. The average molecular weight is 185 g/mol. The molecular formula is C9H15NO3. The molecule has 0 N–H and O–H groups in total. The predicted octanol–water partition coefficient (Wildman–Crippen LogP) is 1.54. The molecule has 0 aromatic rings. The highest BCUT2D eigenvalue weighted by molar-refractivity contribution is 5.93. The van der Waals surface area contributed by atoms with E-state index >= 15 is 0 Å². The number of ether oxygens (including phenoxy) is 1. The van der Waals surface area contributed by atoms with E-state index in [-0.39, 0.29) is 5.91 Å². The minimum atomic E-state index is -0.527. The second-order valence-corrected chi connectivity index (χ2v) is 3.86. The Bertz CT molecular complexity index is 235. The Balaban J connectivity index is 2.63. The van der Waals surface area contributed by atoms with Crippen LogP contribution in [0.5, 0.6) is 0 Å². The van der Waals surface area contributed by atoms with Crippen LogP contribution < -0.4 is 0 Å². The number of imide groups is 1. The van der Waals surface area contributed by atoms with Crippen LogP contribution in [-0.2, 0) is 9.53 Å². The van der Waals surface area contributed by atoms with Crippen LogP contribution in [0.4, 0.5) is 4.79 Å². The van der Waals surface area contributed by atoms with Gasteiger partial charge in [-0.25, -0.2) is 9.69 Å². The topological polar surface area (TPSA) is 46.6 Å². The number of carbonyl (C=O) groups is 2. The third-order valence-corrected chi connectivity index (χ3v) is 1.89. The first kappa shape index (κ1) is 10.0. The molecular weight excluding hydrogens is 170 g/mol. The molecule has 74 valence electrons. The zero-order valence-corrected chi connectivity index (χ0v) is 8.29. The molecule has 1 heterocycles. The fourth-order valence-corrected chi connectivity index (χ4v) is 1.31. The molecule has 0 atom stereocenters. The summed E-state index contributed by atoms with van der Waals surface area (Å²) in [5.74, 6) is -0.141. The molecule has 0 bridgehead atoms. The van der Waals surface area contributed by atoms with E-state index < -0.39 is 11.7 Å². The second kappa shape index (κ2) is 3.36. The molecule has 0 unspecified atom stereocenters. The highest BCUT2D eigenvalue weighted by Crippen LogP contribution is 2.22. The standard InChI is InChI=1S/C9H15NO3/c1-4-5-7(11)10-6-9(2,3)13-8(10)12/h4-6H2,1-3H3. The number of cyclic esters (lactones) is 1. The zero-order chi connectivity index (χ0) is 10.1. The summed E-state index contributed by atoms with van der Waals surface area (Å²) in [6, 6.07) is 0. The van der Waals surface area contributed by atoms with Gasteiger partial charge in [0.1, 0.15) is 5.60 Å². The number of hydrogen-bond acceptors (Lipinski definition) is 3. The summed E-state index contributed by atoms with van der Waals surface area (Å²) in [7, 11) is 0. The van der Waals surface area contributed by atoms with Gasteiger partial charge in [0.2, 0.25) is 5.91 Å². The van der Waals surface area contributed by atoms with Crippen LogP contribution in [0, 0.1) is 0 Å². The van der Waals surface area contributed by atoms with E-state index in [0.717, 1.165) is 6.42 Å². The highest BCUT2D eigenvalue weighted by Gasteiger charge is 2.40. The van der Waals surface area contributed by atoms with Crippen molar-refractivity contribution >= 4 is 12.0 Å². The average Bonchev–Trinajstić information content (AvgIpc) is 2.25. The Kier molecular flexibility index (Phi) is 2.59. The van der Waals surface area contributed by atoms with E-state index in [1.807, 2.05) is 6.92 Å². The largest absolute Gasteiger partial charge is 0.441 e. The lowest BCUT2D eigenvalue weighted by Gasteiger charge is -2.14. The Labute approximate surface area is 77.8 Å². The molecule has 1 saturated heterocycles. The van der Waals surface area contributed by atoms with Gasteiger partial charge in [-0.2, -0.15) is 0 Å². The van der Waals surface area contributed by atoms with Crippen LogP contribution >= 0.6 is 0 Å². The molecule has 0 aliphatic carbocycles. The molecule has 0 radical (unpaired) electrons. The molecule has 1 aliphatic heterocycles. The number of rotatable bonds is 2. The third-order valence-electron chi connectivity index (χ3n) is 1.89. The van der Waals surface area contributed by atoms with Gasteiger partial charge in [0.15, 0.2) is 0 Å². The van der Waals surface area contributed by atoms with Gasteiger partial charge in [0.05, 0.1) is 6.54 Å². The molecule has 4 heteroatoms. The summed E-state index contributed by atoms with van der Waals surface area (Å²) < 4.78 is 4.99. The van der Waals surface area contributed by atoms with Crippen molar-refractivity contribution < 1.29 is 14.3 Å². The molecule has 0 spiro atoms. The first-order chi connectivity index (χ1) is 5.96. The van der Waals surface area contributed by atoms with Gasteiger partial charge in [0.25, 0.3) is 0 Å². The lowest BCUT2D eigenvalue weighted by atomic mass is 10.1. The quantitative estimate of drug-likeness (QED) is 0.655. The van der Waals surface area contributed by atoms with Crippen LogP contribution in [0.1, 0.15) is 33.6 Å². The molecule has 0 aromatic carbocycles.